The van der Waals surface area contributed by atoms with Crippen molar-refractivity contribution in [2.24, 2.45) is 23.7 Å². The van der Waals surface area contributed by atoms with Crippen molar-refractivity contribution in [3.8, 4) is 0 Å². The molecule has 0 saturated carbocycles. The molecule has 32 heavy (non-hydrogen) atoms. The molecule has 1 aromatic rings. The van der Waals surface area contributed by atoms with E-state index in [1.54, 1.807) is 11.8 Å². The number of hydrogen-bond acceptors (Lipinski definition) is 5. The maximum Gasteiger partial charge on any atom is 0.310 e. The van der Waals surface area contributed by atoms with E-state index >= 15 is 0 Å². The number of aryl methyl sites for hydroxylation is 2. The first-order valence-electron chi connectivity index (χ1n) is 11.4. The molecule has 3 rings (SSSR count). The van der Waals surface area contributed by atoms with Gasteiger partial charge in [0.1, 0.15) is 6.04 Å². The molecule has 1 aliphatic heterocycles. The summed E-state index contributed by atoms with van der Waals surface area (Å²) in [5.74, 6) is -2.65. The number of anilines is 1. The molecular weight excluding hydrogens is 408 g/mol. The van der Waals surface area contributed by atoms with Gasteiger partial charge < -0.3 is 20.1 Å². The third kappa shape index (κ3) is 4.72. The molecule has 0 unspecified atom stereocenters. The smallest absolute Gasteiger partial charge is 0.310 e. The van der Waals surface area contributed by atoms with Crippen LogP contribution >= 0.6 is 0 Å². The molecule has 0 bridgehead atoms. The quantitative estimate of drug-likeness (QED) is 0.367. The van der Waals surface area contributed by atoms with Crippen LogP contribution in [0.25, 0.3) is 0 Å². The number of carbonyl (C=O) groups is 3. The maximum atomic E-state index is 13.5. The highest BCUT2D eigenvalue weighted by Gasteiger charge is 2.56. The zero-order chi connectivity index (χ0) is 23.4. The number of nitrogens with one attached hydrogen (secondary N) is 1. The number of aliphatic hydroxyl groups excluding tert-OH is 1. The van der Waals surface area contributed by atoms with E-state index in [9.17, 15) is 19.5 Å². The number of nitrogens with zero attached hydrogens (tertiary/aromatic N) is 1. The summed E-state index contributed by atoms with van der Waals surface area (Å²) in [6.45, 7) is 8.16. The fourth-order valence-electron chi connectivity index (χ4n) is 4.90. The minimum Gasteiger partial charge on any atom is -0.466 e. The van der Waals surface area contributed by atoms with Crippen molar-refractivity contribution in [1.82, 2.24) is 4.90 Å². The average Bonchev–Trinajstić information content (AvgIpc) is 3.03. The van der Waals surface area contributed by atoms with E-state index in [-0.39, 0.29) is 30.9 Å². The van der Waals surface area contributed by atoms with Crippen LogP contribution in [-0.4, -0.2) is 53.6 Å². The fraction of sp³-hybridized carbons (Fsp3) is 0.560. The number of allylic oxidation sites excluding steroid dienone is 1. The van der Waals surface area contributed by atoms with Crippen LogP contribution < -0.4 is 5.32 Å². The lowest BCUT2D eigenvalue weighted by molar-refractivity contribution is -0.155. The normalized spacial score (nSPS) is 26.7. The highest BCUT2D eigenvalue weighted by atomic mass is 16.5. The Morgan fingerprint density at radius 3 is 2.62 bits per heavy atom. The summed E-state index contributed by atoms with van der Waals surface area (Å²) in [6, 6.07) is 5.13. The van der Waals surface area contributed by atoms with E-state index in [0.717, 1.165) is 16.8 Å². The van der Waals surface area contributed by atoms with Gasteiger partial charge in [0.15, 0.2) is 0 Å². The van der Waals surface area contributed by atoms with E-state index in [1.807, 2.05) is 51.1 Å². The molecule has 1 aromatic carbocycles. The number of esters is 1. The SMILES string of the molecule is CCOC(=O)[C@H]1[C@H]2C(=O)N(CCCCO)[C@H](C(=O)Nc3cc(C)ccc3C)[C@H]2C=C[C@H]1C. The number of hydrogen-bond donors (Lipinski definition) is 2. The number of carbonyl (C=O) groups excluding carboxylic acids is 3. The number of benzene rings is 1. The Morgan fingerprint density at radius 2 is 1.94 bits per heavy atom. The second kappa shape index (κ2) is 10.3. The Balaban J connectivity index is 1.94. The first-order chi connectivity index (χ1) is 15.3. The number of aliphatic hydroxyl groups is 1. The standard InChI is InChI=1S/C25H34N2O5/c1-5-32-25(31)20-17(4)10-11-18-21(20)24(30)27(12-6-7-13-28)22(18)23(29)26-19-14-15(2)8-9-16(19)3/h8-11,14,17-18,20-22,28H,5-7,12-13H2,1-4H3,(H,26,29)/t17-,18+,20-,21+,22+/m1/s1. The van der Waals surface area contributed by atoms with Gasteiger partial charge in [-0.3, -0.25) is 14.4 Å². The first kappa shape index (κ1) is 24.0. The Morgan fingerprint density at radius 1 is 1.19 bits per heavy atom. The second-order valence-electron chi connectivity index (χ2n) is 8.84. The van der Waals surface area contributed by atoms with Crippen molar-refractivity contribution >= 4 is 23.5 Å². The summed E-state index contributed by atoms with van der Waals surface area (Å²) in [6.07, 6.45) is 4.96. The minimum absolute atomic E-state index is 0.0244. The number of rotatable bonds is 8. The largest absolute Gasteiger partial charge is 0.466 e. The van der Waals surface area contributed by atoms with E-state index < -0.39 is 29.8 Å². The van der Waals surface area contributed by atoms with Gasteiger partial charge >= 0.3 is 5.97 Å². The fourth-order valence-corrected chi connectivity index (χ4v) is 4.90. The second-order valence-corrected chi connectivity index (χ2v) is 8.84. The summed E-state index contributed by atoms with van der Waals surface area (Å²) in [5.41, 5.74) is 2.69. The molecule has 2 amide bonds. The Labute approximate surface area is 189 Å². The lowest BCUT2D eigenvalue weighted by Crippen LogP contribution is -2.44. The van der Waals surface area contributed by atoms with Crippen molar-refractivity contribution in [3.63, 3.8) is 0 Å². The van der Waals surface area contributed by atoms with Gasteiger partial charge in [0.2, 0.25) is 11.8 Å². The van der Waals surface area contributed by atoms with Crippen molar-refractivity contribution in [3.05, 3.63) is 41.5 Å². The third-order valence-corrected chi connectivity index (χ3v) is 6.56. The summed E-state index contributed by atoms with van der Waals surface area (Å²) in [5, 5.41) is 12.2. The van der Waals surface area contributed by atoms with E-state index in [2.05, 4.69) is 5.32 Å². The van der Waals surface area contributed by atoms with Gasteiger partial charge in [0, 0.05) is 24.8 Å². The summed E-state index contributed by atoms with van der Waals surface area (Å²) < 4.78 is 5.29. The van der Waals surface area contributed by atoms with Crippen LogP contribution in [0, 0.1) is 37.5 Å². The van der Waals surface area contributed by atoms with Gasteiger partial charge in [0.25, 0.3) is 0 Å². The van der Waals surface area contributed by atoms with Crippen molar-refractivity contribution in [2.75, 3.05) is 25.1 Å². The molecule has 7 heteroatoms. The van der Waals surface area contributed by atoms with E-state index in [0.29, 0.717) is 19.4 Å². The molecule has 1 heterocycles. The predicted octanol–water partition coefficient (Wildman–Crippen LogP) is 2.84. The first-order valence-corrected chi connectivity index (χ1v) is 11.4. The Kier molecular flexibility index (Phi) is 7.72. The number of ether oxygens (including phenoxy) is 1. The van der Waals surface area contributed by atoms with E-state index in [4.69, 9.17) is 4.74 Å². The van der Waals surface area contributed by atoms with Crippen LogP contribution in [-0.2, 0) is 19.1 Å². The molecule has 174 valence electrons. The molecule has 7 nitrogen and oxygen atoms in total. The lowest BCUT2D eigenvalue weighted by Gasteiger charge is -2.32. The Bertz CT molecular complexity index is 896. The average molecular weight is 443 g/mol. The monoisotopic (exact) mass is 442 g/mol. The molecule has 1 saturated heterocycles. The number of unbranched alkanes of at least 4 members (excludes halogenated alkanes) is 1. The maximum absolute atomic E-state index is 13.5. The predicted molar refractivity (Wildman–Crippen MR) is 122 cm³/mol. The number of fused-ring (bicyclic) bond motifs is 1. The number of amides is 2. The molecule has 5 atom stereocenters. The summed E-state index contributed by atoms with van der Waals surface area (Å²) in [4.78, 5) is 41.4. The highest BCUT2D eigenvalue weighted by molar-refractivity contribution is 6.02. The van der Waals surface area contributed by atoms with Crippen molar-refractivity contribution in [1.29, 1.82) is 0 Å². The highest BCUT2D eigenvalue weighted by Crippen LogP contribution is 2.44. The zero-order valence-corrected chi connectivity index (χ0v) is 19.3. The van der Waals surface area contributed by atoms with Crippen LogP contribution in [0.15, 0.2) is 30.4 Å². The van der Waals surface area contributed by atoms with Crippen molar-refractivity contribution in [2.45, 2.75) is 46.6 Å². The van der Waals surface area contributed by atoms with Gasteiger partial charge in [0.05, 0.1) is 18.4 Å². The molecule has 0 spiro atoms. The van der Waals surface area contributed by atoms with Crippen LogP contribution in [0.3, 0.4) is 0 Å². The van der Waals surface area contributed by atoms with Crippen LogP contribution in [0.2, 0.25) is 0 Å². The minimum atomic E-state index is -0.716. The third-order valence-electron chi connectivity index (χ3n) is 6.56. The molecule has 2 aliphatic rings. The zero-order valence-electron chi connectivity index (χ0n) is 19.3. The van der Waals surface area contributed by atoms with Crippen LogP contribution in [0.5, 0.6) is 0 Å². The lowest BCUT2D eigenvalue weighted by atomic mass is 9.70. The topological polar surface area (TPSA) is 95.9 Å². The Hall–Kier alpha value is -2.67. The van der Waals surface area contributed by atoms with Gasteiger partial charge in [-0.15, -0.1) is 0 Å². The molecular formula is C25H34N2O5. The molecule has 2 N–H and O–H groups in total. The van der Waals surface area contributed by atoms with Gasteiger partial charge in [-0.05, 0) is 56.7 Å². The van der Waals surface area contributed by atoms with Crippen LogP contribution in [0.4, 0.5) is 5.69 Å². The van der Waals surface area contributed by atoms with Gasteiger partial charge in [-0.2, -0.15) is 0 Å². The van der Waals surface area contributed by atoms with Crippen LogP contribution in [0.1, 0.15) is 37.8 Å². The molecule has 0 radical (unpaired) electrons. The molecule has 1 fully saturated rings. The van der Waals surface area contributed by atoms with Crippen molar-refractivity contribution < 1.29 is 24.2 Å². The molecule has 0 aromatic heterocycles. The van der Waals surface area contributed by atoms with E-state index in [1.165, 1.54) is 0 Å². The van der Waals surface area contributed by atoms with Gasteiger partial charge in [-0.25, -0.2) is 0 Å². The molecule has 1 aliphatic carbocycles. The summed E-state index contributed by atoms with van der Waals surface area (Å²) in [7, 11) is 0. The van der Waals surface area contributed by atoms with Gasteiger partial charge in [-0.1, -0.05) is 31.2 Å². The summed E-state index contributed by atoms with van der Waals surface area (Å²) >= 11 is 0. The number of likely N-dealkylation sites (tertiary alicyclic amines) is 1.